The fraction of sp³-hybridized carbons (Fsp3) is 0.952. The fourth-order valence-corrected chi connectivity index (χ4v) is 5.11. The van der Waals surface area contributed by atoms with Crippen LogP contribution in [-0.4, -0.2) is 115 Å². The molecule has 0 saturated heterocycles. The summed E-state index contributed by atoms with van der Waals surface area (Å²) in [6, 6.07) is -5.47. The van der Waals surface area contributed by atoms with E-state index in [9.17, 15) is 102 Å². The summed E-state index contributed by atoms with van der Waals surface area (Å²) in [6.07, 6.45) is -14.1. The van der Waals surface area contributed by atoms with Gasteiger partial charge in [0, 0.05) is 32.4 Å². The third-order valence-corrected chi connectivity index (χ3v) is 8.18. The van der Waals surface area contributed by atoms with Gasteiger partial charge in [-0.3, -0.25) is 0 Å². The first-order valence-electron chi connectivity index (χ1n) is 13.1. The van der Waals surface area contributed by atoms with E-state index in [-0.39, 0.29) is 13.0 Å². The van der Waals surface area contributed by atoms with Crippen molar-refractivity contribution < 1.29 is 120 Å². The van der Waals surface area contributed by atoms with Gasteiger partial charge in [0.1, 0.15) is 0 Å². The lowest BCUT2D eigenvalue weighted by Gasteiger charge is -2.28. The molecule has 0 saturated carbocycles. The average molecular weight is 835 g/mol. The first-order chi connectivity index (χ1) is 22.6. The summed E-state index contributed by atoms with van der Waals surface area (Å²) in [5.74, 6) is -29.3. The SMILES string of the molecule is CCO[Si](CCCNC(=O)OCC(F)(F)C(F)(F)N(F)F)(OCC)OCC.FCC(F)(F)C(F)(F)C(F)(F)F.FCC(F)(F)C(F)(F)C(F)(F)F. The predicted octanol–water partition coefficient (Wildman–Crippen LogP) is 9.03. The molecule has 0 fully saturated rings. The molecule has 310 valence electrons. The maximum Gasteiger partial charge on any atom is 0.500 e. The Morgan fingerprint density at radius 2 is 0.941 bits per heavy atom. The minimum Gasteiger partial charge on any atom is -0.443 e. The van der Waals surface area contributed by atoms with Gasteiger partial charge in [0.15, 0.2) is 20.0 Å². The number of hydrogen-bond donors (Lipinski definition) is 1. The number of ether oxygens (including phenoxy) is 1. The smallest absolute Gasteiger partial charge is 0.443 e. The molecule has 0 aromatic carbocycles. The van der Waals surface area contributed by atoms with Gasteiger partial charge in [-0.15, -0.1) is 0 Å². The zero-order valence-corrected chi connectivity index (χ0v) is 26.7. The molecule has 0 aliphatic rings. The third-order valence-electron chi connectivity index (χ3n) is 5.03. The van der Waals surface area contributed by atoms with Gasteiger partial charge in [0.2, 0.25) is 0 Å². The van der Waals surface area contributed by atoms with E-state index in [0.29, 0.717) is 25.9 Å². The average Bonchev–Trinajstić information content (AvgIpc) is 2.98. The molecule has 0 spiro atoms. The Morgan fingerprint density at radius 1 is 0.608 bits per heavy atom. The third kappa shape index (κ3) is 15.4. The number of nitrogens with zero attached hydrogens (tertiary/aromatic N) is 1. The zero-order valence-electron chi connectivity index (χ0n) is 25.7. The maximum absolute atomic E-state index is 13.0. The minimum atomic E-state index is -6.44. The molecule has 51 heavy (non-hydrogen) atoms. The lowest BCUT2D eigenvalue weighted by Crippen LogP contribution is -2.53. The van der Waals surface area contributed by atoms with E-state index in [0.717, 1.165) is 0 Å². The van der Waals surface area contributed by atoms with Crippen LogP contribution in [0.15, 0.2) is 0 Å². The molecule has 1 N–H and O–H groups in total. The number of carbonyl (C=O) groups is 1. The fourth-order valence-electron chi connectivity index (χ4n) is 2.50. The summed E-state index contributed by atoms with van der Waals surface area (Å²) < 4.78 is 277. The Kier molecular flexibility index (Phi) is 21.2. The molecular formula is C21H28F22N2O5Si. The van der Waals surface area contributed by atoms with Gasteiger partial charge < -0.3 is 23.3 Å². The van der Waals surface area contributed by atoms with E-state index in [1.807, 2.05) is 5.32 Å². The molecule has 0 atom stereocenters. The van der Waals surface area contributed by atoms with Crippen LogP contribution in [0.5, 0.6) is 0 Å². The lowest BCUT2D eigenvalue weighted by molar-refractivity contribution is -0.402. The van der Waals surface area contributed by atoms with Crippen LogP contribution in [0.3, 0.4) is 0 Å². The minimum absolute atomic E-state index is 0.0822. The van der Waals surface area contributed by atoms with Gasteiger partial charge in [0.25, 0.3) is 0 Å². The van der Waals surface area contributed by atoms with Gasteiger partial charge in [-0.05, 0) is 27.2 Å². The Bertz CT molecular complexity index is 944. The van der Waals surface area contributed by atoms with Crippen molar-refractivity contribution in [2.45, 2.75) is 81.2 Å². The Morgan fingerprint density at radius 3 is 1.18 bits per heavy atom. The number of hydrogen-bond acceptors (Lipinski definition) is 6. The Labute approximate surface area is 273 Å². The summed E-state index contributed by atoms with van der Waals surface area (Å²) in [6.45, 7) is -2.14. The van der Waals surface area contributed by atoms with Gasteiger partial charge in [-0.1, -0.05) is 8.96 Å². The number of halogens is 22. The molecule has 0 rings (SSSR count). The highest BCUT2D eigenvalue weighted by Gasteiger charge is 2.74. The molecule has 0 aliphatic carbocycles. The highest BCUT2D eigenvalue weighted by atomic mass is 28.4. The number of alkyl carbamates (subject to hydrolysis) is 1. The van der Waals surface area contributed by atoms with Crippen LogP contribution in [0.25, 0.3) is 0 Å². The van der Waals surface area contributed by atoms with Crippen LogP contribution < -0.4 is 5.32 Å². The molecule has 0 radical (unpaired) electrons. The summed E-state index contributed by atoms with van der Waals surface area (Å²) in [7, 11) is -2.95. The number of rotatable bonds is 18. The van der Waals surface area contributed by atoms with Crippen LogP contribution in [0, 0.1) is 0 Å². The molecule has 0 bridgehead atoms. The van der Waals surface area contributed by atoms with Gasteiger partial charge in [0.05, 0.1) is 5.34 Å². The first kappa shape index (κ1) is 53.1. The van der Waals surface area contributed by atoms with Crippen molar-refractivity contribution in [3.63, 3.8) is 0 Å². The topological polar surface area (TPSA) is 69.3 Å². The van der Waals surface area contributed by atoms with E-state index in [2.05, 4.69) is 4.74 Å². The van der Waals surface area contributed by atoms with Crippen LogP contribution in [-0.2, 0) is 18.0 Å². The van der Waals surface area contributed by atoms with Crippen molar-refractivity contribution in [3.05, 3.63) is 0 Å². The van der Waals surface area contributed by atoms with Crippen molar-refractivity contribution in [2.24, 2.45) is 0 Å². The zero-order chi connectivity index (χ0) is 41.6. The first-order valence-corrected chi connectivity index (χ1v) is 15.0. The highest BCUT2D eigenvalue weighted by molar-refractivity contribution is 6.60. The number of alkyl halides is 20. The molecule has 7 nitrogen and oxygen atoms in total. The van der Waals surface area contributed by atoms with Gasteiger partial charge in [-0.2, -0.15) is 79.0 Å². The van der Waals surface area contributed by atoms with E-state index in [1.165, 1.54) is 0 Å². The number of nitrogens with one attached hydrogen (secondary N) is 1. The Hall–Kier alpha value is -2.21. The Balaban J connectivity index is -0.000000791. The lowest BCUT2D eigenvalue weighted by atomic mass is 10.2. The van der Waals surface area contributed by atoms with Gasteiger partial charge >= 0.3 is 62.9 Å². The summed E-state index contributed by atoms with van der Waals surface area (Å²) >= 11 is 0. The maximum atomic E-state index is 13.0. The van der Waals surface area contributed by atoms with Crippen molar-refractivity contribution >= 4 is 14.9 Å². The largest absolute Gasteiger partial charge is 0.500 e. The molecule has 0 aromatic heterocycles. The van der Waals surface area contributed by atoms with Crippen molar-refractivity contribution in [3.8, 4) is 0 Å². The second-order valence-electron chi connectivity index (χ2n) is 8.89. The number of carbonyl (C=O) groups excluding carboxylic acids is 1. The monoisotopic (exact) mass is 834 g/mol. The van der Waals surface area contributed by atoms with E-state index in [4.69, 9.17) is 13.3 Å². The summed E-state index contributed by atoms with van der Waals surface area (Å²) in [5.41, 5.74) is 0. The van der Waals surface area contributed by atoms with Crippen LogP contribution in [0.4, 0.5) is 102 Å². The molecule has 0 unspecified atom stereocenters. The standard InChI is InChI=1S/C13H24F6N2O5Si.2C4H2F8/c1-4-24-27(25-5-2,26-6-3)9-7-8-20-11(22)23-10-12(14,15)13(16,17)21(18)19;2*5-1-2(6,7)3(8,9)4(10,11)12/h4-10H2,1-3H3,(H,20,22);2*1H2. The molecular weight excluding hydrogens is 806 g/mol. The molecule has 0 heterocycles. The van der Waals surface area contributed by atoms with Gasteiger partial charge in [-0.25, -0.2) is 13.6 Å². The number of amides is 1. The van der Waals surface area contributed by atoms with E-state index < -0.39 is 88.2 Å². The molecule has 30 heteroatoms. The van der Waals surface area contributed by atoms with Crippen LogP contribution in [0.1, 0.15) is 27.2 Å². The summed E-state index contributed by atoms with van der Waals surface area (Å²) in [5, 5.41) is -0.887. The molecule has 1 amide bonds. The molecule has 0 aromatic rings. The van der Waals surface area contributed by atoms with Crippen molar-refractivity contribution in [1.82, 2.24) is 10.7 Å². The highest BCUT2D eigenvalue weighted by Crippen LogP contribution is 2.47. The van der Waals surface area contributed by atoms with Crippen LogP contribution in [0.2, 0.25) is 6.04 Å². The van der Waals surface area contributed by atoms with E-state index >= 15 is 0 Å². The second kappa shape index (κ2) is 20.3. The van der Waals surface area contributed by atoms with Crippen molar-refractivity contribution in [2.75, 3.05) is 46.3 Å². The van der Waals surface area contributed by atoms with Crippen LogP contribution >= 0.6 is 0 Å². The normalized spacial score (nSPS) is 14.0. The van der Waals surface area contributed by atoms with Crippen molar-refractivity contribution in [1.29, 1.82) is 0 Å². The summed E-state index contributed by atoms with van der Waals surface area (Å²) in [4.78, 5) is 11.3. The second-order valence-corrected chi connectivity index (χ2v) is 11.6. The quantitative estimate of drug-likeness (QED) is 0.0489. The van der Waals surface area contributed by atoms with E-state index in [1.54, 1.807) is 20.8 Å². The predicted molar refractivity (Wildman–Crippen MR) is 127 cm³/mol. The molecule has 0 aliphatic heterocycles.